The van der Waals surface area contributed by atoms with Gasteiger partial charge in [-0.3, -0.25) is 4.79 Å². The molecular weight excluding hydrogens is 236 g/mol. The number of allylic oxidation sites excluding steroid dienone is 1. The number of anilines is 1. The zero-order valence-electron chi connectivity index (χ0n) is 11.1. The third-order valence-corrected chi connectivity index (χ3v) is 4.18. The Morgan fingerprint density at radius 1 is 1.37 bits per heavy atom. The van der Waals surface area contributed by atoms with E-state index in [9.17, 15) is 4.79 Å². The van der Waals surface area contributed by atoms with E-state index in [1.807, 2.05) is 6.07 Å². The first-order valence-corrected chi connectivity index (χ1v) is 7.06. The van der Waals surface area contributed by atoms with Crippen molar-refractivity contribution in [3.05, 3.63) is 42.0 Å². The predicted molar refractivity (Wildman–Crippen MR) is 77.1 cm³/mol. The maximum atomic E-state index is 11.2. The molecule has 2 N–H and O–H groups in total. The maximum absolute atomic E-state index is 11.2. The minimum atomic E-state index is -0.208. The highest BCUT2D eigenvalue weighted by Crippen LogP contribution is 2.40. The second kappa shape index (κ2) is 5.08. The fourth-order valence-electron chi connectivity index (χ4n) is 3.31. The van der Waals surface area contributed by atoms with Crippen LogP contribution in [0.5, 0.6) is 0 Å². The molecule has 3 heteroatoms. The standard InChI is InChI=1S/C16H20N2O/c17-16(19)10-12-11-18(13-6-2-1-3-7-13)15-9-5-4-8-14(12)15/h2,4-6,8-9,12-13H,1,3,7,10-11H2,(H2,17,19). The van der Waals surface area contributed by atoms with Crippen LogP contribution in [0.4, 0.5) is 5.69 Å². The molecule has 0 spiro atoms. The number of nitrogens with zero attached hydrogens (tertiary/aromatic N) is 1. The van der Waals surface area contributed by atoms with Crippen molar-refractivity contribution >= 4 is 11.6 Å². The van der Waals surface area contributed by atoms with Gasteiger partial charge in [0, 0.05) is 30.6 Å². The molecule has 3 rings (SSSR count). The number of rotatable bonds is 3. The number of hydrogen-bond acceptors (Lipinski definition) is 2. The molecule has 0 saturated heterocycles. The Hall–Kier alpha value is -1.77. The van der Waals surface area contributed by atoms with E-state index >= 15 is 0 Å². The second-order valence-corrected chi connectivity index (χ2v) is 5.50. The van der Waals surface area contributed by atoms with E-state index in [4.69, 9.17) is 5.73 Å². The molecule has 1 amide bonds. The van der Waals surface area contributed by atoms with Crippen LogP contribution >= 0.6 is 0 Å². The van der Waals surface area contributed by atoms with E-state index in [1.165, 1.54) is 30.5 Å². The van der Waals surface area contributed by atoms with Crippen LogP contribution in [0.3, 0.4) is 0 Å². The van der Waals surface area contributed by atoms with E-state index in [2.05, 4.69) is 35.3 Å². The van der Waals surface area contributed by atoms with Crippen LogP contribution in [-0.4, -0.2) is 18.5 Å². The molecule has 1 aromatic carbocycles. The van der Waals surface area contributed by atoms with Gasteiger partial charge in [-0.2, -0.15) is 0 Å². The van der Waals surface area contributed by atoms with Crippen LogP contribution in [0.25, 0.3) is 0 Å². The number of primary amides is 1. The van der Waals surface area contributed by atoms with Crippen molar-refractivity contribution in [3.63, 3.8) is 0 Å². The number of hydrogen-bond donors (Lipinski definition) is 1. The summed E-state index contributed by atoms with van der Waals surface area (Å²) in [5.74, 6) is 0.0462. The third kappa shape index (κ3) is 2.37. The van der Waals surface area contributed by atoms with Crippen LogP contribution < -0.4 is 10.6 Å². The molecule has 1 aliphatic carbocycles. The van der Waals surface area contributed by atoms with Gasteiger partial charge in [-0.15, -0.1) is 0 Å². The molecule has 1 aromatic rings. The van der Waals surface area contributed by atoms with Crippen molar-refractivity contribution < 1.29 is 4.79 Å². The van der Waals surface area contributed by atoms with Crippen molar-refractivity contribution in [2.24, 2.45) is 5.73 Å². The SMILES string of the molecule is NC(=O)CC1CN(C2C=CCCC2)c2ccccc21. The topological polar surface area (TPSA) is 46.3 Å². The quantitative estimate of drug-likeness (QED) is 0.845. The van der Waals surface area contributed by atoms with Gasteiger partial charge in [0.15, 0.2) is 0 Å². The Bertz CT molecular complexity index is 509. The number of benzene rings is 1. The lowest BCUT2D eigenvalue weighted by molar-refractivity contribution is -0.118. The van der Waals surface area contributed by atoms with E-state index in [0.717, 1.165) is 6.54 Å². The molecule has 1 heterocycles. The summed E-state index contributed by atoms with van der Waals surface area (Å²) < 4.78 is 0. The summed E-state index contributed by atoms with van der Waals surface area (Å²) in [6, 6.07) is 8.90. The first-order valence-electron chi connectivity index (χ1n) is 7.06. The number of carbonyl (C=O) groups is 1. The highest BCUT2D eigenvalue weighted by molar-refractivity contribution is 5.76. The molecule has 2 aliphatic rings. The van der Waals surface area contributed by atoms with Crippen LogP contribution in [-0.2, 0) is 4.79 Å². The Morgan fingerprint density at radius 3 is 2.95 bits per heavy atom. The number of para-hydroxylation sites is 1. The molecule has 0 bridgehead atoms. The highest BCUT2D eigenvalue weighted by atomic mass is 16.1. The smallest absolute Gasteiger partial charge is 0.218 e. The first kappa shape index (κ1) is 12.3. The number of nitrogens with two attached hydrogens (primary N) is 1. The Kier molecular flexibility index (Phi) is 3.28. The van der Waals surface area contributed by atoms with Crippen LogP contribution in [0.2, 0.25) is 0 Å². The Labute approximate surface area is 114 Å². The summed E-state index contributed by atoms with van der Waals surface area (Å²) in [6.07, 6.45) is 8.68. The zero-order chi connectivity index (χ0) is 13.2. The highest BCUT2D eigenvalue weighted by Gasteiger charge is 2.32. The number of carbonyl (C=O) groups excluding carboxylic acids is 1. The Morgan fingerprint density at radius 2 is 2.21 bits per heavy atom. The van der Waals surface area contributed by atoms with Gasteiger partial charge in [0.1, 0.15) is 0 Å². The van der Waals surface area contributed by atoms with Crippen molar-refractivity contribution in [1.29, 1.82) is 0 Å². The average Bonchev–Trinajstić information content (AvgIpc) is 2.78. The molecule has 2 unspecified atom stereocenters. The van der Waals surface area contributed by atoms with Gasteiger partial charge in [-0.25, -0.2) is 0 Å². The molecule has 0 fully saturated rings. The van der Waals surface area contributed by atoms with Gasteiger partial charge in [0.25, 0.3) is 0 Å². The summed E-state index contributed by atoms with van der Waals surface area (Å²) >= 11 is 0. The summed E-state index contributed by atoms with van der Waals surface area (Å²) in [5, 5.41) is 0. The predicted octanol–water partition coefficient (Wildman–Crippen LogP) is 2.57. The minimum Gasteiger partial charge on any atom is -0.370 e. The summed E-state index contributed by atoms with van der Waals surface area (Å²) in [5.41, 5.74) is 7.94. The largest absolute Gasteiger partial charge is 0.370 e. The average molecular weight is 256 g/mol. The first-order chi connectivity index (χ1) is 9.25. The van der Waals surface area contributed by atoms with Gasteiger partial charge in [0.2, 0.25) is 5.91 Å². The van der Waals surface area contributed by atoms with Gasteiger partial charge in [-0.1, -0.05) is 30.4 Å². The lowest BCUT2D eigenvalue weighted by atomic mass is 9.98. The maximum Gasteiger partial charge on any atom is 0.218 e. The van der Waals surface area contributed by atoms with Gasteiger partial charge in [-0.05, 0) is 30.9 Å². The molecular formula is C16H20N2O. The molecule has 100 valence electrons. The monoisotopic (exact) mass is 256 g/mol. The second-order valence-electron chi connectivity index (χ2n) is 5.50. The lowest BCUT2D eigenvalue weighted by Crippen LogP contribution is -2.34. The van der Waals surface area contributed by atoms with Crippen LogP contribution in [0, 0.1) is 0 Å². The van der Waals surface area contributed by atoms with Crippen LogP contribution in [0.1, 0.15) is 37.2 Å². The molecule has 0 saturated carbocycles. The molecule has 0 aromatic heterocycles. The lowest BCUT2D eigenvalue weighted by Gasteiger charge is -2.30. The Balaban J connectivity index is 1.89. The van der Waals surface area contributed by atoms with Crippen molar-refractivity contribution in [3.8, 4) is 0 Å². The zero-order valence-corrected chi connectivity index (χ0v) is 11.1. The molecule has 3 nitrogen and oxygen atoms in total. The van der Waals surface area contributed by atoms with Crippen molar-refractivity contribution in [2.75, 3.05) is 11.4 Å². The summed E-state index contributed by atoms with van der Waals surface area (Å²) in [4.78, 5) is 13.7. The van der Waals surface area contributed by atoms with Crippen molar-refractivity contribution in [2.45, 2.75) is 37.6 Å². The van der Waals surface area contributed by atoms with Gasteiger partial charge >= 0.3 is 0 Å². The molecule has 1 aliphatic heterocycles. The summed E-state index contributed by atoms with van der Waals surface area (Å²) in [6.45, 7) is 0.914. The third-order valence-electron chi connectivity index (χ3n) is 4.18. The van der Waals surface area contributed by atoms with E-state index in [1.54, 1.807) is 0 Å². The number of amides is 1. The molecule has 19 heavy (non-hydrogen) atoms. The fraction of sp³-hybridized carbons (Fsp3) is 0.438. The normalized spacial score (nSPS) is 25.4. The fourth-order valence-corrected chi connectivity index (χ4v) is 3.31. The van der Waals surface area contributed by atoms with Crippen molar-refractivity contribution in [1.82, 2.24) is 0 Å². The van der Waals surface area contributed by atoms with Gasteiger partial charge in [0.05, 0.1) is 0 Å². The van der Waals surface area contributed by atoms with E-state index in [-0.39, 0.29) is 11.8 Å². The van der Waals surface area contributed by atoms with Gasteiger partial charge < -0.3 is 10.6 Å². The molecule has 2 atom stereocenters. The summed E-state index contributed by atoms with van der Waals surface area (Å²) in [7, 11) is 0. The van der Waals surface area contributed by atoms with E-state index < -0.39 is 0 Å². The number of fused-ring (bicyclic) bond motifs is 1. The molecule has 0 radical (unpaired) electrons. The minimum absolute atomic E-state index is 0.208. The van der Waals surface area contributed by atoms with E-state index in [0.29, 0.717) is 12.5 Å². The van der Waals surface area contributed by atoms with Crippen LogP contribution in [0.15, 0.2) is 36.4 Å².